The molecule has 5 heteroatoms. The molecule has 2 aromatic rings. The topological polar surface area (TPSA) is 45.0 Å². The first-order valence-electron chi connectivity index (χ1n) is 4.81. The Bertz CT molecular complexity index is 555. The van der Waals surface area contributed by atoms with Gasteiger partial charge in [0.05, 0.1) is 5.69 Å². The van der Waals surface area contributed by atoms with Crippen molar-refractivity contribution in [3.8, 4) is 5.75 Å². The van der Waals surface area contributed by atoms with E-state index in [1.54, 1.807) is 18.2 Å². The van der Waals surface area contributed by atoms with Crippen LogP contribution < -0.4 is 0 Å². The molecular weight excluding hydrogens is 395 g/mol. The predicted octanol–water partition coefficient (Wildman–Crippen LogP) is 5.17. The maximum atomic E-state index is 9.58. The van der Waals surface area contributed by atoms with Gasteiger partial charge in [0.25, 0.3) is 0 Å². The molecule has 0 aliphatic carbocycles. The normalized spacial score (nSPS) is 10.9. The number of benzene rings is 2. The number of phenols is 1. The van der Waals surface area contributed by atoms with Gasteiger partial charge >= 0.3 is 0 Å². The van der Waals surface area contributed by atoms with E-state index in [-0.39, 0.29) is 5.75 Å². The van der Waals surface area contributed by atoms with Gasteiger partial charge in [0, 0.05) is 8.04 Å². The van der Waals surface area contributed by atoms with Gasteiger partial charge in [-0.2, -0.15) is 5.11 Å². The third-order valence-corrected chi connectivity index (χ3v) is 3.25. The minimum absolute atomic E-state index is 0.113. The van der Waals surface area contributed by atoms with Crippen LogP contribution in [0, 0.1) is 3.57 Å². The Balaban J connectivity index is 2.25. The zero-order valence-electron chi connectivity index (χ0n) is 8.64. The predicted molar refractivity (Wildman–Crippen MR) is 79.1 cm³/mol. The minimum atomic E-state index is 0.113. The van der Waals surface area contributed by atoms with Crippen LogP contribution in [0.25, 0.3) is 0 Å². The smallest absolute Gasteiger partial charge is 0.143 e. The molecular formula is C12H8BrIN2O. The fourth-order valence-electron chi connectivity index (χ4n) is 1.20. The maximum absolute atomic E-state index is 9.58. The van der Waals surface area contributed by atoms with Crippen molar-refractivity contribution >= 4 is 49.9 Å². The lowest BCUT2D eigenvalue weighted by Gasteiger charge is -1.98. The summed E-state index contributed by atoms with van der Waals surface area (Å²) in [5, 5.41) is 17.7. The molecule has 0 saturated heterocycles. The summed E-state index contributed by atoms with van der Waals surface area (Å²) in [4.78, 5) is 0. The number of azo groups is 1. The van der Waals surface area contributed by atoms with E-state index in [9.17, 15) is 5.11 Å². The highest BCUT2D eigenvalue weighted by Gasteiger charge is 2.00. The molecule has 0 saturated carbocycles. The molecule has 0 aliphatic heterocycles. The third kappa shape index (κ3) is 3.50. The van der Waals surface area contributed by atoms with Crippen molar-refractivity contribution in [1.29, 1.82) is 0 Å². The zero-order chi connectivity index (χ0) is 12.3. The lowest BCUT2D eigenvalue weighted by molar-refractivity contribution is 0.476. The van der Waals surface area contributed by atoms with Crippen LogP contribution in [0.5, 0.6) is 5.75 Å². The first-order chi connectivity index (χ1) is 8.15. The lowest BCUT2D eigenvalue weighted by Crippen LogP contribution is -1.70. The number of phenolic OH excluding ortho intramolecular Hbond substituents is 1. The number of rotatable bonds is 2. The van der Waals surface area contributed by atoms with Crippen LogP contribution in [-0.2, 0) is 0 Å². The van der Waals surface area contributed by atoms with Crippen molar-refractivity contribution in [1.82, 2.24) is 0 Å². The number of hydrogen-bond acceptors (Lipinski definition) is 3. The fourth-order valence-corrected chi connectivity index (χ4v) is 1.90. The molecule has 0 fully saturated rings. The molecule has 0 radical (unpaired) electrons. The molecule has 0 aromatic heterocycles. The first-order valence-corrected chi connectivity index (χ1v) is 6.68. The molecule has 2 rings (SSSR count). The molecule has 17 heavy (non-hydrogen) atoms. The monoisotopic (exact) mass is 402 g/mol. The van der Waals surface area contributed by atoms with Crippen LogP contribution in [0.1, 0.15) is 0 Å². The minimum Gasteiger partial charge on any atom is -0.506 e. The number of nitrogens with zero attached hydrogens (tertiary/aromatic N) is 2. The molecule has 0 amide bonds. The summed E-state index contributed by atoms with van der Waals surface area (Å²) in [7, 11) is 0. The number of aromatic hydroxyl groups is 1. The summed E-state index contributed by atoms with van der Waals surface area (Å²) >= 11 is 5.55. The van der Waals surface area contributed by atoms with Gasteiger partial charge < -0.3 is 5.11 Å². The van der Waals surface area contributed by atoms with Gasteiger partial charge in [-0.25, -0.2) is 0 Å². The van der Waals surface area contributed by atoms with Crippen LogP contribution in [0.2, 0.25) is 0 Å². The molecule has 1 N–H and O–H groups in total. The van der Waals surface area contributed by atoms with Crippen LogP contribution >= 0.6 is 38.5 Å². The Hall–Kier alpha value is -0.950. The van der Waals surface area contributed by atoms with E-state index >= 15 is 0 Å². The second kappa shape index (κ2) is 5.59. The van der Waals surface area contributed by atoms with Crippen LogP contribution in [0.15, 0.2) is 57.2 Å². The van der Waals surface area contributed by atoms with E-state index in [1.165, 1.54) is 0 Å². The second-order valence-corrected chi connectivity index (χ2v) is 5.47. The molecule has 0 spiro atoms. The molecule has 0 bridgehead atoms. The fraction of sp³-hybridized carbons (Fsp3) is 0. The SMILES string of the molecule is Oc1ccc(Br)cc1N=Nc1ccc(I)cc1. The van der Waals surface area contributed by atoms with Crippen molar-refractivity contribution in [2.24, 2.45) is 10.2 Å². The Labute approximate surface area is 121 Å². The van der Waals surface area contributed by atoms with E-state index in [1.807, 2.05) is 24.3 Å². The summed E-state index contributed by atoms with van der Waals surface area (Å²) in [6.45, 7) is 0. The Morgan fingerprint density at radius 2 is 1.71 bits per heavy atom. The van der Waals surface area contributed by atoms with Crippen molar-refractivity contribution in [2.45, 2.75) is 0 Å². The van der Waals surface area contributed by atoms with E-state index in [2.05, 4.69) is 48.7 Å². The molecule has 86 valence electrons. The van der Waals surface area contributed by atoms with E-state index < -0.39 is 0 Å². The van der Waals surface area contributed by atoms with Crippen LogP contribution in [0.4, 0.5) is 11.4 Å². The summed E-state index contributed by atoms with van der Waals surface area (Å²) in [5.41, 5.74) is 1.20. The standard InChI is InChI=1S/C12H8BrIN2O/c13-8-1-6-12(17)11(7-8)16-15-10-4-2-9(14)3-5-10/h1-7,17H. The maximum Gasteiger partial charge on any atom is 0.143 e. The van der Waals surface area contributed by atoms with Gasteiger partial charge in [0.15, 0.2) is 0 Å². The van der Waals surface area contributed by atoms with Gasteiger partial charge in [-0.1, -0.05) is 15.9 Å². The summed E-state index contributed by atoms with van der Waals surface area (Å²) in [6, 6.07) is 12.7. The van der Waals surface area contributed by atoms with Gasteiger partial charge in [-0.3, -0.25) is 0 Å². The number of halogens is 2. The first kappa shape index (κ1) is 12.5. The van der Waals surface area contributed by atoms with E-state index in [0.717, 1.165) is 13.7 Å². The highest BCUT2D eigenvalue weighted by atomic mass is 127. The van der Waals surface area contributed by atoms with Crippen LogP contribution in [0.3, 0.4) is 0 Å². The second-order valence-electron chi connectivity index (χ2n) is 3.31. The average Bonchev–Trinajstić information content (AvgIpc) is 2.32. The van der Waals surface area contributed by atoms with Gasteiger partial charge in [0.1, 0.15) is 11.4 Å². The van der Waals surface area contributed by atoms with E-state index in [0.29, 0.717) is 5.69 Å². The molecule has 0 aliphatic rings. The molecule has 0 unspecified atom stereocenters. The zero-order valence-corrected chi connectivity index (χ0v) is 12.4. The van der Waals surface area contributed by atoms with E-state index in [4.69, 9.17) is 0 Å². The van der Waals surface area contributed by atoms with Crippen molar-refractivity contribution in [3.63, 3.8) is 0 Å². The Kier molecular flexibility index (Phi) is 4.11. The van der Waals surface area contributed by atoms with Gasteiger partial charge in [-0.05, 0) is 65.1 Å². The molecule has 2 aromatic carbocycles. The quantitative estimate of drug-likeness (QED) is 0.546. The van der Waals surface area contributed by atoms with Crippen molar-refractivity contribution in [3.05, 3.63) is 50.5 Å². The third-order valence-electron chi connectivity index (χ3n) is 2.04. The Morgan fingerprint density at radius 1 is 1.00 bits per heavy atom. The summed E-state index contributed by atoms with van der Waals surface area (Å²) in [5.74, 6) is 0.113. The number of hydrogen-bond donors (Lipinski definition) is 1. The molecule has 0 heterocycles. The summed E-state index contributed by atoms with van der Waals surface area (Å²) in [6.07, 6.45) is 0. The van der Waals surface area contributed by atoms with Crippen molar-refractivity contribution < 1.29 is 5.11 Å². The Morgan fingerprint density at radius 3 is 2.41 bits per heavy atom. The lowest BCUT2D eigenvalue weighted by atomic mass is 10.3. The highest BCUT2D eigenvalue weighted by Crippen LogP contribution is 2.30. The van der Waals surface area contributed by atoms with Gasteiger partial charge in [-0.15, -0.1) is 5.11 Å². The summed E-state index contributed by atoms with van der Waals surface area (Å²) < 4.78 is 2.00. The molecule has 3 nitrogen and oxygen atoms in total. The largest absolute Gasteiger partial charge is 0.506 e. The highest BCUT2D eigenvalue weighted by molar-refractivity contribution is 14.1. The molecule has 0 atom stereocenters. The van der Waals surface area contributed by atoms with Gasteiger partial charge in [0.2, 0.25) is 0 Å². The van der Waals surface area contributed by atoms with Crippen LogP contribution in [-0.4, -0.2) is 5.11 Å². The average molecular weight is 403 g/mol. The van der Waals surface area contributed by atoms with Crippen molar-refractivity contribution in [2.75, 3.05) is 0 Å².